The molecule has 0 atom stereocenters. The summed E-state index contributed by atoms with van der Waals surface area (Å²) in [6.07, 6.45) is 2.87. The lowest BCUT2D eigenvalue weighted by Crippen LogP contribution is -2.38. The molecule has 0 fully saturated rings. The van der Waals surface area contributed by atoms with Gasteiger partial charge in [0.2, 0.25) is 5.78 Å². The molecule has 0 bridgehead atoms. The van der Waals surface area contributed by atoms with Crippen molar-refractivity contribution in [1.82, 2.24) is 19.2 Å². The fraction of sp³-hybridized carbons (Fsp3) is 0.476. The first-order valence-electron chi connectivity index (χ1n) is 9.73. The van der Waals surface area contributed by atoms with Gasteiger partial charge in [-0.05, 0) is 24.8 Å². The fourth-order valence-electron chi connectivity index (χ4n) is 4.15. The summed E-state index contributed by atoms with van der Waals surface area (Å²) in [6, 6.07) is 8.45. The summed E-state index contributed by atoms with van der Waals surface area (Å²) in [6.45, 7) is 9.45. The molecule has 2 heterocycles. The van der Waals surface area contributed by atoms with Crippen LogP contribution in [0.3, 0.4) is 0 Å². The molecule has 2 aromatic heterocycles. The monoisotopic (exact) mass is 382 g/mol. The van der Waals surface area contributed by atoms with Crippen molar-refractivity contribution in [3.63, 3.8) is 0 Å². The molecule has 0 spiro atoms. The number of nitrogens with zero attached hydrogens (tertiary/aromatic N) is 4. The Morgan fingerprint density at radius 2 is 1.93 bits per heavy atom. The number of thioether (sulfide) groups is 1. The zero-order valence-corrected chi connectivity index (χ0v) is 17.3. The van der Waals surface area contributed by atoms with Gasteiger partial charge in [0.15, 0.2) is 5.16 Å². The van der Waals surface area contributed by atoms with Gasteiger partial charge in [-0.3, -0.25) is 4.79 Å². The summed E-state index contributed by atoms with van der Waals surface area (Å²) < 4.78 is 3.95. The number of hydrogen-bond donors (Lipinski definition) is 0. The van der Waals surface area contributed by atoms with Gasteiger partial charge in [0.25, 0.3) is 5.56 Å². The maximum absolute atomic E-state index is 13.7. The molecule has 27 heavy (non-hydrogen) atoms. The summed E-state index contributed by atoms with van der Waals surface area (Å²) in [5, 5.41) is 9.51. The SMILES string of the molecule is CCCSc1nnc2n(CCC)c3c(c(=O)n12)C(C)(C)Cc1ccccc1-3. The van der Waals surface area contributed by atoms with Crippen LogP contribution in [-0.4, -0.2) is 24.9 Å². The second-order valence-corrected chi connectivity index (χ2v) is 8.93. The average Bonchev–Trinajstić information content (AvgIpc) is 3.06. The van der Waals surface area contributed by atoms with Gasteiger partial charge in [0, 0.05) is 28.8 Å². The van der Waals surface area contributed by atoms with Crippen molar-refractivity contribution in [1.29, 1.82) is 0 Å². The largest absolute Gasteiger partial charge is 0.309 e. The van der Waals surface area contributed by atoms with Crippen LogP contribution in [0.2, 0.25) is 0 Å². The Bertz CT molecular complexity index is 1060. The van der Waals surface area contributed by atoms with E-state index in [4.69, 9.17) is 0 Å². The van der Waals surface area contributed by atoms with E-state index in [2.05, 4.69) is 66.7 Å². The number of aryl methyl sites for hydroxylation is 1. The molecule has 0 unspecified atom stereocenters. The standard InChI is InChI=1S/C21H26N4OS/c1-5-11-24-17-15-10-8-7-9-14(15)13-21(3,4)16(17)18(26)25-19(24)22-23-20(25)27-12-6-2/h7-10H,5-6,11-13H2,1-4H3. The quantitative estimate of drug-likeness (QED) is 0.617. The van der Waals surface area contributed by atoms with Crippen LogP contribution >= 0.6 is 11.8 Å². The van der Waals surface area contributed by atoms with Gasteiger partial charge in [0.05, 0.1) is 5.69 Å². The summed E-state index contributed by atoms with van der Waals surface area (Å²) in [7, 11) is 0. The highest BCUT2D eigenvalue weighted by molar-refractivity contribution is 7.99. The van der Waals surface area contributed by atoms with Gasteiger partial charge in [-0.25, -0.2) is 4.40 Å². The highest BCUT2D eigenvalue weighted by atomic mass is 32.2. The minimum Gasteiger partial charge on any atom is -0.309 e. The first-order chi connectivity index (χ1) is 13.0. The first kappa shape index (κ1) is 18.3. The van der Waals surface area contributed by atoms with Crippen LogP contribution in [0, 0.1) is 0 Å². The Morgan fingerprint density at radius 1 is 1.15 bits per heavy atom. The van der Waals surface area contributed by atoms with Crippen LogP contribution in [0.1, 0.15) is 51.7 Å². The molecule has 4 rings (SSSR count). The summed E-state index contributed by atoms with van der Waals surface area (Å²) in [4.78, 5) is 13.7. The number of aromatic nitrogens is 4. The van der Waals surface area contributed by atoms with E-state index in [1.807, 2.05) is 0 Å². The highest BCUT2D eigenvalue weighted by Gasteiger charge is 2.37. The van der Waals surface area contributed by atoms with Crippen molar-refractivity contribution >= 4 is 17.5 Å². The average molecular weight is 383 g/mol. The zero-order chi connectivity index (χ0) is 19.2. The Labute approximate surface area is 163 Å². The molecule has 1 aliphatic rings. The number of hydrogen-bond acceptors (Lipinski definition) is 4. The maximum atomic E-state index is 13.7. The molecular formula is C21H26N4OS. The summed E-state index contributed by atoms with van der Waals surface area (Å²) in [5.41, 5.74) is 4.17. The van der Waals surface area contributed by atoms with Crippen molar-refractivity contribution < 1.29 is 0 Å². The minimum absolute atomic E-state index is 0.0375. The molecule has 0 N–H and O–H groups in total. The Balaban J connectivity index is 2.13. The van der Waals surface area contributed by atoms with Gasteiger partial charge < -0.3 is 4.57 Å². The molecule has 0 radical (unpaired) electrons. The topological polar surface area (TPSA) is 52.2 Å². The van der Waals surface area contributed by atoms with Gasteiger partial charge in [-0.1, -0.05) is 63.7 Å². The first-order valence-corrected chi connectivity index (χ1v) is 10.7. The van der Waals surface area contributed by atoms with Crippen molar-refractivity contribution in [2.75, 3.05) is 5.75 Å². The Kier molecular flexibility index (Phi) is 4.62. The van der Waals surface area contributed by atoms with E-state index in [1.54, 1.807) is 16.2 Å². The molecule has 1 aliphatic carbocycles. The molecule has 0 saturated carbocycles. The van der Waals surface area contributed by atoms with E-state index >= 15 is 0 Å². The minimum atomic E-state index is -0.235. The zero-order valence-electron chi connectivity index (χ0n) is 16.5. The second kappa shape index (κ2) is 6.82. The molecule has 0 saturated heterocycles. The highest BCUT2D eigenvalue weighted by Crippen LogP contribution is 2.42. The van der Waals surface area contributed by atoms with E-state index in [0.29, 0.717) is 10.9 Å². The van der Waals surface area contributed by atoms with Crippen molar-refractivity contribution in [2.45, 2.75) is 64.1 Å². The molecule has 142 valence electrons. The maximum Gasteiger partial charge on any atom is 0.265 e. The summed E-state index contributed by atoms with van der Waals surface area (Å²) >= 11 is 1.61. The molecule has 5 nitrogen and oxygen atoms in total. The Morgan fingerprint density at radius 3 is 2.67 bits per heavy atom. The van der Waals surface area contributed by atoms with Crippen molar-refractivity contribution in [3.05, 3.63) is 45.7 Å². The van der Waals surface area contributed by atoms with Crippen LogP contribution in [0.15, 0.2) is 34.2 Å². The molecular weight excluding hydrogens is 356 g/mol. The number of rotatable bonds is 5. The third-order valence-corrected chi connectivity index (χ3v) is 6.38. The molecule has 0 aliphatic heterocycles. The van der Waals surface area contributed by atoms with Crippen LogP contribution in [0.5, 0.6) is 0 Å². The van der Waals surface area contributed by atoms with E-state index in [9.17, 15) is 4.79 Å². The third-order valence-electron chi connectivity index (χ3n) is 5.25. The number of benzene rings is 1. The van der Waals surface area contributed by atoms with Gasteiger partial charge in [-0.15, -0.1) is 10.2 Å². The van der Waals surface area contributed by atoms with Crippen LogP contribution in [0.4, 0.5) is 0 Å². The van der Waals surface area contributed by atoms with E-state index in [-0.39, 0.29) is 11.0 Å². The lowest BCUT2D eigenvalue weighted by atomic mass is 9.72. The molecule has 3 aromatic rings. The number of fused-ring (bicyclic) bond motifs is 4. The van der Waals surface area contributed by atoms with Crippen LogP contribution in [0.25, 0.3) is 17.0 Å². The molecule has 6 heteroatoms. The predicted octanol–water partition coefficient (Wildman–Crippen LogP) is 4.30. The normalized spacial score (nSPS) is 15.0. The van der Waals surface area contributed by atoms with Crippen LogP contribution in [-0.2, 0) is 18.4 Å². The van der Waals surface area contributed by atoms with E-state index < -0.39 is 0 Å². The van der Waals surface area contributed by atoms with Crippen molar-refractivity contribution in [3.8, 4) is 11.3 Å². The Hall–Kier alpha value is -2.08. The lowest BCUT2D eigenvalue weighted by Gasteiger charge is -2.35. The third kappa shape index (κ3) is 2.81. The van der Waals surface area contributed by atoms with Gasteiger partial charge >= 0.3 is 0 Å². The van der Waals surface area contributed by atoms with E-state index in [0.717, 1.165) is 48.4 Å². The molecule has 0 amide bonds. The smallest absolute Gasteiger partial charge is 0.265 e. The van der Waals surface area contributed by atoms with E-state index in [1.165, 1.54) is 5.56 Å². The van der Waals surface area contributed by atoms with Gasteiger partial charge in [0.1, 0.15) is 0 Å². The second-order valence-electron chi connectivity index (χ2n) is 7.86. The van der Waals surface area contributed by atoms with Crippen LogP contribution < -0.4 is 5.56 Å². The fourth-order valence-corrected chi connectivity index (χ4v) is 4.92. The van der Waals surface area contributed by atoms with Crippen molar-refractivity contribution in [2.24, 2.45) is 0 Å². The summed E-state index contributed by atoms with van der Waals surface area (Å²) in [5.74, 6) is 1.59. The van der Waals surface area contributed by atoms with Gasteiger partial charge in [-0.2, -0.15) is 0 Å². The predicted molar refractivity (Wildman–Crippen MR) is 111 cm³/mol. The molecule has 1 aromatic carbocycles. The lowest BCUT2D eigenvalue weighted by molar-refractivity contribution is 0.496.